The number of rotatable bonds is 31. The molecule has 0 spiro atoms. The van der Waals surface area contributed by atoms with E-state index in [-0.39, 0.29) is 81.2 Å². The van der Waals surface area contributed by atoms with E-state index in [4.69, 9.17) is 42.6 Å². The molecule has 0 radical (unpaired) electrons. The highest BCUT2D eigenvalue weighted by Gasteiger charge is 2.19. The zero-order valence-electron chi connectivity index (χ0n) is 37.3. The van der Waals surface area contributed by atoms with E-state index in [2.05, 4.69) is 0 Å². The number of ether oxygens (including phenoxy) is 9. The maximum absolute atomic E-state index is 12.8. The summed E-state index contributed by atoms with van der Waals surface area (Å²) in [5, 5.41) is 9.60. The van der Waals surface area contributed by atoms with E-state index in [1.165, 1.54) is 0 Å². The molecule has 12 heteroatoms. The van der Waals surface area contributed by atoms with Gasteiger partial charge in [0.25, 0.3) is 0 Å². The normalized spacial score (nSPS) is 15.0. The second-order valence-electron chi connectivity index (χ2n) is 15.8. The van der Waals surface area contributed by atoms with E-state index in [9.17, 15) is 14.7 Å². The molecule has 0 saturated carbocycles. The van der Waals surface area contributed by atoms with Gasteiger partial charge in [-0.15, -0.1) is 0 Å². The summed E-state index contributed by atoms with van der Waals surface area (Å²) in [6, 6.07) is 32.4. The van der Waals surface area contributed by atoms with Crippen LogP contribution in [0.15, 0.2) is 109 Å². The van der Waals surface area contributed by atoms with Gasteiger partial charge in [-0.25, -0.2) is 0 Å². The first-order valence-electron chi connectivity index (χ1n) is 21.5. The van der Waals surface area contributed by atoms with Crippen LogP contribution in [0, 0.1) is 0 Å². The van der Waals surface area contributed by atoms with Gasteiger partial charge in [-0.2, -0.15) is 0 Å². The fraction of sp³-hybridized carbons (Fsp3) is 0.480. The zero-order chi connectivity index (χ0) is 44.7. The SMILES string of the molecule is CC(O)COC(C)COC(COc1ccc(C(=O)c2ccccc2)cc1)COC(C)COC(C)COC(C)COC(COc1ccc(C(=O)c2ccccc2)cc1)COC(C)C. The molecule has 4 aromatic rings. The van der Waals surface area contributed by atoms with Crippen LogP contribution in [0.25, 0.3) is 0 Å². The van der Waals surface area contributed by atoms with Gasteiger partial charge in [-0.3, -0.25) is 9.59 Å². The molecule has 0 aliphatic heterocycles. The summed E-state index contributed by atoms with van der Waals surface area (Å²) in [5.74, 6) is 1.13. The zero-order valence-corrected chi connectivity index (χ0v) is 37.3. The van der Waals surface area contributed by atoms with Gasteiger partial charge < -0.3 is 47.7 Å². The predicted molar refractivity (Wildman–Crippen MR) is 238 cm³/mol. The van der Waals surface area contributed by atoms with Crippen molar-refractivity contribution >= 4 is 11.6 Å². The molecule has 0 amide bonds. The lowest BCUT2D eigenvalue weighted by Crippen LogP contribution is -2.34. The molecule has 12 nitrogen and oxygen atoms in total. The molecule has 338 valence electrons. The standard InChI is InChI=1S/C50H66O12/c1-35(2)54-31-47(33-61-45-22-18-43(19-23-45)49(52)41-14-10-8-11-15-41)59-30-40(7)57-27-37(4)56-28-38(5)58-32-48(60-29-39(6)55-26-36(3)51)34-62-46-24-20-44(21-25-46)50(53)42-16-12-9-13-17-42/h8-25,35-40,47-48,51H,26-34H2,1-7H3. The largest absolute Gasteiger partial charge is 0.491 e. The highest BCUT2D eigenvalue weighted by atomic mass is 16.6. The van der Waals surface area contributed by atoms with Gasteiger partial charge in [-0.1, -0.05) is 60.7 Å². The summed E-state index contributed by atoms with van der Waals surface area (Å²) in [6.45, 7) is 15.9. The van der Waals surface area contributed by atoms with Gasteiger partial charge in [0.15, 0.2) is 11.6 Å². The van der Waals surface area contributed by atoms with E-state index in [0.717, 1.165) is 0 Å². The highest BCUT2D eigenvalue weighted by Crippen LogP contribution is 2.18. The Kier molecular flexibility index (Phi) is 22.3. The van der Waals surface area contributed by atoms with E-state index < -0.39 is 12.2 Å². The van der Waals surface area contributed by atoms with Gasteiger partial charge in [0.2, 0.25) is 0 Å². The van der Waals surface area contributed by atoms with Crippen molar-refractivity contribution in [1.29, 1.82) is 0 Å². The Balaban J connectivity index is 1.18. The number of benzene rings is 4. The first-order valence-corrected chi connectivity index (χ1v) is 21.5. The predicted octanol–water partition coefficient (Wildman–Crippen LogP) is 7.80. The summed E-state index contributed by atoms with van der Waals surface area (Å²) >= 11 is 0. The molecular formula is C50H66O12. The van der Waals surface area contributed by atoms with Crippen LogP contribution >= 0.6 is 0 Å². The first kappa shape index (κ1) is 50.1. The Bertz CT molecular complexity index is 1820. The number of aliphatic hydroxyl groups excluding tert-OH is 1. The summed E-state index contributed by atoms with van der Waals surface area (Å²) < 4.78 is 54.2. The van der Waals surface area contributed by atoms with E-state index >= 15 is 0 Å². The second kappa shape index (κ2) is 27.5. The minimum Gasteiger partial charge on any atom is -0.491 e. The molecule has 0 aliphatic rings. The average Bonchev–Trinajstić information content (AvgIpc) is 3.29. The van der Waals surface area contributed by atoms with Crippen molar-refractivity contribution in [2.45, 2.75) is 97.3 Å². The fourth-order valence-corrected chi connectivity index (χ4v) is 5.79. The van der Waals surface area contributed by atoms with E-state index in [1.54, 1.807) is 79.7 Å². The Morgan fingerprint density at radius 2 is 0.710 bits per heavy atom. The minimum atomic E-state index is -0.578. The molecular weight excluding hydrogens is 793 g/mol. The van der Waals surface area contributed by atoms with Crippen molar-refractivity contribution in [2.75, 3.05) is 59.5 Å². The number of carbonyl (C=O) groups is 2. The molecule has 7 atom stereocenters. The smallest absolute Gasteiger partial charge is 0.193 e. The van der Waals surface area contributed by atoms with Gasteiger partial charge in [0, 0.05) is 22.3 Å². The maximum atomic E-state index is 12.8. The number of hydrogen-bond acceptors (Lipinski definition) is 12. The highest BCUT2D eigenvalue weighted by molar-refractivity contribution is 6.09. The first-order chi connectivity index (χ1) is 29.9. The van der Waals surface area contributed by atoms with Crippen LogP contribution in [0.3, 0.4) is 0 Å². The quantitative estimate of drug-likeness (QED) is 0.0495. The van der Waals surface area contributed by atoms with Gasteiger partial charge in [0.1, 0.15) is 36.9 Å². The molecule has 4 aromatic carbocycles. The monoisotopic (exact) mass is 858 g/mol. The molecule has 7 unspecified atom stereocenters. The van der Waals surface area contributed by atoms with E-state index in [1.807, 2.05) is 77.9 Å². The molecule has 0 aliphatic carbocycles. The van der Waals surface area contributed by atoms with Crippen molar-refractivity contribution in [3.8, 4) is 11.5 Å². The van der Waals surface area contributed by atoms with Gasteiger partial charge in [0.05, 0.1) is 82.9 Å². The number of carbonyl (C=O) groups excluding carboxylic acids is 2. The fourth-order valence-electron chi connectivity index (χ4n) is 5.79. The Morgan fingerprint density at radius 1 is 0.387 bits per heavy atom. The second-order valence-corrected chi connectivity index (χ2v) is 15.8. The molecule has 0 saturated heterocycles. The van der Waals surface area contributed by atoms with Crippen LogP contribution in [-0.4, -0.2) is 125 Å². The van der Waals surface area contributed by atoms with Crippen LogP contribution in [0.4, 0.5) is 0 Å². The Labute approximate surface area is 367 Å². The lowest BCUT2D eigenvalue weighted by Gasteiger charge is -2.24. The summed E-state index contributed by atoms with van der Waals surface area (Å²) in [7, 11) is 0. The maximum Gasteiger partial charge on any atom is 0.193 e. The van der Waals surface area contributed by atoms with Crippen LogP contribution in [0.2, 0.25) is 0 Å². The van der Waals surface area contributed by atoms with Crippen LogP contribution < -0.4 is 9.47 Å². The Hall–Kier alpha value is -4.50. The molecule has 0 fully saturated rings. The number of aliphatic hydroxyl groups is 1. The van der Waals surface area contributed by atoms with Gasteiger partial charge >= 0.3 is 0 Å². The van der Waals surface area contributed by atoms with Crippen molar-refractivity contribution in [3.05, 3.63) is 131 Å². The van der Waals surface area contributed by atoms with Gasteiger partial charge in [-0.05, 0) is 97.0 Å². The third-order valence-corrected chi connectivity index (χ3v) is 9.34. The van der Waals surface area contributed by atoms with Crippen molar-refractivity contribution < 1.29 is 57.3 Å². The van der Waals surface area contributed by atoms with E-state index in [0.29, 0.717) is 60.2 Å². The summed E-state index contributed by atoms with van der Waals surface area (Å²) in [5.41, 5.74) is 2.42. The van der Waals surface area contributed by atoms with Crippen molar-refractivity contribution in [2.24, 2.45) is 0 Å². The molecule has 0 aromatic heterocycles. The van der Waals surface area contributed by atoms with Crippen LogP contribution in [-0.2, 0) is 33.2 Å². The van der Waals surface area contributed by atoms with Crippen molar-refractivity contribution in [1.82, 2.24) is 0 Å². The average molecular weight is 859 g/mol. The lowest BCUT2D eigenvalue weighted by atomic mass is 10.0. The third kappa shape index (κ3) is 19.3. The molecule has 0 bridgehead atoms. The van der Waals surface area contributed by atoms with Crippen molar-refractivity contribution in [3.63, 3.8) is 0 Å². The number of hydrogen-bond donors (Lipinski definition) is 1. The summed E-state index contributed by atoms with van der Waals surface area (Å²) in [6.07, 6.45) is -2.24. The summed E-state index contributed by atoms with van der Waals surface area (Å²) in [4.78, 5) is 25.6. The number of ketones is 2. The Morgan fingerprint density at radius 3 is 1.08 bits per heavy atom. The molecule has 4 rings (SSSR count). The molecule has 62 heavy (non-hydrogen) atoms. The topological polar surface area (TPSA) is 137 Å². The lowest BCUT2D eigenvalue weighted by molar-refractivity contribution is -0.116. The third-order valence-electron chi connectivity index (χ3n) is 9.34. The molecule has 0 heterocycles. The molecule has 1 N–H and O–H groups in total. The minimum absolute atomic E-state index is 0.0292. The van der Waals surface area contributed by atoms with Crippen LogP contribution in [0.1, 0.15) is 80.3 Å². The van der Waals surface area contributed by atoms with Crippen LogP contribution in [0.5, 0.6) is 11.5 Å².